The van der Waals surface area contributed by atoms with Gasteiger partial charge in [0.25, 0.3) is 5.56 Å². The van der Waals surface area contributed by atoms with Gasteiger partial charge < -0.3 is 9.30 Å². The Kier molecular flexibility index (Phi) is 6.63. The number of rotatable bonds is 6. The fourth-order valence-electron chi connectivity index (χ4n) is 2.59. The molecule has 0 fully saturated rings. The summed E-state index contributed by atoms with van der Waals surface area (Å²) in [7, 11) is 1.36. The van der Waals surface area contributed by atoms with Crippen molar-refractivity contribution in [1.82, 2.24) is 4.57 Å². The molecule has 1 aromatic heterocycles. The van der Waals surface area contributed by atoms with E-state index in [-0.39, 0.29) is 16.6 Å². The van der Waals surface area contributed by atoms with Gasteiger partial charge in [0, 0.05) is 17.6 Å². The number of ether oxygens (including phenoxy) is 1. The molecule has 128 valence electrons. The van der Waals surface area contributed by atoms with E-state index in [0.717, 1.165) is 23.2 Å². The molecule has 0 bridgehead atoms. The zero-order valence-corrected chi connectivity index (χ0v) is 16.0. The minimum absolute atomic E-state index is 0.172. The van der Waals surface area contributed by atoms with Gasteiger partial charge >= 0.3 is 5.97 Å². The van der Waals surface area contributed by atoms with Crippen LogP contribution in [0.3, 0.4) is 0 Å². The zero-order valence-electron chi connectivity index (χ0n) is 13.6. The van der Waals surface area contributed by atoms with Crippen LogP contribution in [0.2, 0.25) is 5.02 Å². The molecule has 4 nitrogen and oxygen atoms in total. The summed E-state index contributed by atoms with van der Waals surface area (Å²) in [5.74, 6) is -0.359. The molecule has 6 heteroatoms. The van der Waals surface area contributed by atoms with Crippen molar-refractivity contribution in [2.24, 2.45) is 0 Å². The Bertz CT molecular complexity index is 784. The first-order valence-corrected chi connectivity index (χ1v) is 9.16. The third-order valence-electron chi connectivity index (χ3n) is 3.95. The molecule has 0 aliphatic heterocycles. The van der Waals surface area contributed by atoms with Gasteiger partial charge in [-0.05, 0) is 42.2 Å². The van der Waals surface area contributed by atoms with Gasteiger partial charge in [0.1, 0.15) is 5.02 Å². The van der Waals surface area contributed by atoms with Crippen molar-refractivity contribution in [3.8, 4) is 0 Å². The quantitative estimate of drug-likeness (QED) is 0.532. The van der Waals surface area contributed by atoms with Crippen LogP contribution < -0.4 is 5.56 Å². The summed E-state index contributed by atoms with van der Waals surface area (Å²) in [5, 5.41) is 0.849. The summed E-state index contributed by atoms with van der Waals surface area (Å²) in [6.07, 6.45) is 1.49. The van der Waals surface area contributed by atoms with Crippen LogP contribution in [0, 0.1) is 0 Å². The van der Waals surface area contributed by atoms with Crippen molar-refractivity contribution in [2.75, 3.05) is 7.11 Å². The molecule has 1 aromatic carbocycles. The SMILES string of the molecule is CCc1cc(Cl)c(=O)n(CCc2ccc(C(=O)OC)cc2)c1CBr. The standard InChI is InChI=1S/C18H19BrClNO3/c1-3-13-10-15(20)17(22)21(16(13)11-19)9-8-12-4-6-14(7-5-12)18(23)24-2/h4-7,10H,3,8-9,11H2,1-2H3. The highest BCUT2D eigenvalue weighted by atomic mass is 79.9. The van der Waals surface area contributed by atoms with Gasteiger partial charge in [-0.1, -0.05) is 46.6 Å². The number of pyridine rings is 1. The van der Waals surface area contributed by atoms with Crippen molar-refractivity contribution in [1.29, 1.82) is 0 Å². The number of halogens is 2. The number of methoxy groups -OCH3 is 1. The maximum atomic E-state index is 12.4. The second kappa shape index (κ2) is 8.49. The molecule has 0 atom stereocenters. The number of alkyl halides is 1. The molecule has 0 saturated carbocycles. The van der Waals surface area contributed by atoms with E-state index in [1.165, 1.54) is 7.11 Å². The summed E-state index contributed by atoms with van der Waals surface area (Å²) in [6, 6.07) is 8.95. The van der Waals surface area contributed by atoms with Crippen LogP contribution in [0.5, 0.6) is 0 Å². The lowest BCUT2D eigenvalue weighted by molar-refractivity contribution is 0.0600. The number of carbonyl (C=O) groups excluding carboxylic acids is 1. The number of carbonyl (C=O) groups is 1. The number of nitrogens with zero attached hydrogens (tertiary/aromatic N) is 1. The smallest absolute Gasteiger partial charge is 0.337 e. The highest BCUT2D eigenvalue weighted by molar-refractivity contribution is 9.08. The number of aryl methyl sites for hydroxylation is 2. The summed E-state index contributed by atoms with van der Waals surface area (Å²) < 4.78 is 6.41. The molecule has 0 aliphatic carbocycles. The van der Waals surface area contributed by atoms with Gasteiger partial charge in [0.05, 0.1) is 12.7 Å². The van der Waals surface area contributed by atoms with Crippen LogP contribution in [0.4, 0.5) is 0 Å². The fourth-order valence-corrected chi connectivity index (χ4v) is 3.49. The Morgan fingerprint density at radius 3 is 2.50 bits per heavy atom. The number of esters is 1. The van der Waals surface area contributed by atoms with Crippen molar-refractivity contribution in [3.05, 3.63) is 68.1 Å². The van der Waals surface area contributed by atoms with E-state index < -0.39 is 0 Å². The minimum Gasteiger partial charge on any atom is -0.465 e. The molecule has 24 heavy (non-hydrogen) atoms. The van der Waals surface area contributed by atoms with E-state index in [4.69, 9.17) is 11.6 Å². The molecule has 0 aliphatic rings. The van der Waals surface area contributed by atoms with Crippen LogP contribution in [0.15, 0.2) is 35.1 Å². The molecule has 0 unspecified atom stereocenters. The molecule has 2 aromatic rings. The van der Waals surface area contributed by atoms with Gasteiger partial charge in [-0.25, -0.2) is 4.79 Å². The van der Waals surface area contributed by atoms with E-state index in [2.05, 4.69) is 20.7 Å². The Labute approximate surface area is 154 Å². The number of hydrogen-bond donors (Lipinski definition) is 0. The van der Waals surface area contributed by atoms with E-state index in [1.54, 1.807) is 22.8 Å². The molecule has 2 rings (SSSR count). The van der Waals surface area contributed by atoms with E-state index in [0.29, 0.717) is 23.9 Å². The number of aromatic nitrogens is 1. The lowest BCUT2D eigenvalue weighted by atomic mass is 10.1. The predicted molar refractivity (Wildman–Crippen MR) is 99.2 cm³/mol. The monoisotopic (exact) mass is 411 g/mol. The summed E-state index contributed by atoms with van der Waals surface area (Å²) >= 11 is 9.54. The van der Waals surface area contributed by atoms with Gasteiger partial charge in [-0.2, -0.15) is 0 Å². The number of hydrogen-bond acceptors (Lipinski definition) is 3. The van der Waals surface area contributed by atoms with Crippen molar-refractivity contribution >= 4 is 33.5 Å². The van der Waals surface area contributed by atoms with E-state index in [9.17, 15) is 9.59 Å². The molecule has 0 N–H and O–H groups in total. The molecular weight excluding hydrogens is 394 g/mol. The molecular formula is C18H19BrClNO3. The normalized spacial score (nSPS) is 10.7. The van der Waals surface area contributed by atoms with Crippen molar-refractivity contribution in [2.45, 2.75) is 31.6 Å². The van der Waals surface area contributed by atoms with Crippen LogP contribution in [-0.2, 0) is 29.5 Å². The van der Waals surface area contributed by atoms with Gasteiger partial charge in [0.15, 0.2) is 0 Å². The maximum absolute atomic E-state index is 12.4. The Balaban J connectivity index is 2.24. The average molecular weight is 413 g/mol. The van der Waals surface area contributed by atoms with Crippen LogP contribution in [0.25, 0.3) is 0 Å². The topological polar surface area (TPSA) is 48.3 Å². The molecule has 0 saturated heterocycles. The van der Waals surface area contributed by atoms with Crippen LogP contribution in [-0.4, -0.2) is 17.6 Å². The fraction of sp³-hybridized carbons (Fsp3) is 0.333. The predicted octanol–water partition coefficient (Wildman–Crippen LogP) is 3.99. The maximum Gasteiger partial charge on any atom is 0.337 e. The lowest BCUT2D eigenvalue weighted by Crippen LogP contribution is -2.26. The van der Waals surface area contributed by atoms with E-state index in [1.807, 2.05) is 19.1 Å². The first-order chi connectivity index (χ1) is 11.5. The van der Waals surface area contributed by atoms with Crippen molar-refractivity contribution in [3.63, 3.8) is 0 Å². The first kappa shape index (κ1) is 18.7. The van der Waals surface area contributed by atoms with Gasteiger partial charge in [-0.15, -0.1) is 0 Å². The lowest BCUT2D eigenvalue weighted by Gasteiger charge is -2.15. The largest absolute Gasteiger partial charge is 0.465 e. The Morgan fingerprint density at radius 2 is 1.96 bits per heavy atom. The number of benzene rings is 1. The van der Waals surface area contributed by atoms with Gasteiger partial charge in [-0.3, -0.25) is 4.79 Å². The Morgan fingerprint density at radius 1 is 1.29 bits per heavy atom. The second-order valence-corrected chi connectivity index (χ2v) is 6.31. The van der Waals surface area contributed by atoms with Crippen LogP contribution in [0.1, 0.15) is 34.1 Å². The zero-order chi connectivity index (χ0) is 17.7. The van der Waals surface area contributed by atoms with E-state index >= 15 is 0 Å². The first-order valence-electron chi connectivity index (χ1n) is 7.66. The third-order valence-corrected chi connectivity index (χ3v) is 4.76. The van der Waals surface area contributed by atoms with Crippen molar-refractivity contribution < 1.29 is 9.53 Å². The third kappa shape index (κ3) is 4.08. The molecule has 1 heterocycles. The second-order valence-electron chi connectivity index (χ2n) is 5.35. The van der Waals surface area contributed by atoms with Crippen LogP contribution >= 0.6 is 27.5 Å². The molecule has 0 spiro atoms. The molecule has 0 radical (unpaired) electrons. The average Bonchev–Trinajstić information content (AvgIpc) is 2.62. The molecule has 0 amide bonds. The Hall–Kier alpha value is -1.59. The minimum atomic E-state index is -0.359. The summed E-state index contributed by atoms with van der Waals surface area (Å²) in [5.41, 5.74) is 3.40. The highest BCUT2D eigenvalue weighted by Crippen LogP contribution is 2.17. The van der Waals surface area contributed by atoms with Gasteiger partial charge in [0.2, 0.25) is 0 Å². The highest BCUT2D eigenvalue weighted by Gasteiger charge is 2.12. The summed E-state index contributed by atoms with van der Waals surface area (Å²) in [6.45, 7) is 2.57. The summed E-state index contributed by atoms with van der Waals surface area (Å²) in [4.78, 5) is 23.8.